The van der Waals surface area contributed by atoms with Crippen LogP contribution in [0.3, 0.4) is 0 Å². The van der Waals surface area contributed by atoms with E-state index in [4.69, 9.17) is 0 Å². The Bertz CT molecular complexity index is 413. The number of alkyl halides is 1. The molecule has 1 amide bonds. The van der Waals surface area contributed by atoms with Gasteiger partial charge in [0.1, 0.15) is 0 Å². The molecule has 0 N–H and O–H groups in total. The maximum atomic E-state index is 13.4. The van der Waals surface area contributed by atoms with E-state index in [1.165, 1.54) is 12.3 Å². The molecule has 0 spiro atoms. The van der Waals surface area contributed by atoms with Gasteiger partial charge in [0, 0.05) is 24.6 Å². The van der Waals surface area contributed by atoms with Crippen molar-refractivity contribution in [3.05, 3.63) is 29.8 Å². The molecule has 2 rings (SSSR count). The van der Waals surface area contributed by atoms with E-state index < -0.39 is 5.82 Å². The molecule has 1 unspecified atom stereocenters. The molecule has 17 heavy (non-hydrogen) atoms. The summed E-state index contributed by atoms with van der Waals surface area (Å²) in [5.41, 5.74) is 0.125. The van der Waals surface area contributed by atoms with Gasteiger partial charge in [-0.1, -0.05) is 15.9 Å². The van der Waals surface area contributed by atoms with Gasteiger partial charge in [-0.2, -0.15) is 0 Å². The van der Waals surface area contributed by atoms with E-state index in [0.717, 1.165) is 37.5 Å². The Morgan fingerprint density at radius 3 is 3.18 bits per heavy atom. The summed E-state index contributed by atoms with van der Waals surface area (Å²) in [7, 11) is 0. The second-order valence-corrected chi connectivity index (χ2v) is 5.03. The van der Waals surface area contributed by atoms with E-state index in [1.54, 1.807) is 4.90 Å². The minimum Gasteiger partial charge on any atom is -0.338 e. The number of nitrogens with zero attached hydrogens (tertiary/aromatic N) is 2. The fourth-order valence-corrected chi connectivity index (χ4v) is 2.77. The van der Waals surface area contributed by atoms with Crippen molar-refractivity contribution in [2.75, 3.05) is 18.4 Å². The molecule has 0 radical (unpaired) electrons. The van der Waals surface area contributed by atoms with E-state index >= 15 is 0 Å². The topological polar surface area (TPSA) is 33.2 Å². The first-order valence-corrected chi connectivity index (χ1v) is 6.79. The van der Waals surface area contributed by atoms with E-state index in [1.807, 2.05) is 0 Å². The summed E-state index contributed by atoms with van der Waals surface area (Å²) in [6.45, 7) is 1.45. The molecule has 1 aromatic heterocycles. The molecule has 0 saturated carbocycles. The first-order valence-electron chi connectivity index (χ1n) is 5.67. The average Bonchev–Trinajstić information content (AvgIpc) is 2.78. The van der Waals surface area contributed by atoms with Crippen molar-refractivity contribution in [2.45, 2.75) is 12.8 Å². The number of rotatable bonds is 3. The van der Waals surface area contributed by atoms with Crippen molar-refractivity contribution in [3.63, 3.8) is 0 Å². The highest BCUT2D eigenvalue weighted by Crippen LogP contribution is 2.22. The maximum absolute atomic E-state index is 13.4. The Hall–Kier alpha value is -0.970. The first kappa shape index (κ1) is 12.5. The standard InChI is InChI=1S/C12H14BrFN2O/c13-4-1-9-3-6-16(8-9)12(17)10-2-5-15-7-11(10)14/h2,5,7,9H,1,3-4,6,8H2. The summed E-state index contributed by atoms with van der Waals surface area (Å²) in [4.78, 5) is 17.4. The molecule has 1 fully saturated rings. The highest BCUT2D eigenvalue weighted by molar-refractivity contribution is 9.09. The molecule has 0 aliphatic carbocycles. The van der Waals surface area contributed by atoms with Gasteiger partial charge in [-0.3, -0.25) is 9.78 Å². The van der Waals surface area contributed by atoms with Crippen LogP contribution in [-0.4, -0.2) is 34.2 Å². The molecule has 92 valence electrons. The lowest BCUT2D eigenvalue weighted by atomic mass is 10.1. The lowest BCUT2D eigenvalue weighted by Crippen LogP contribution is -2.29. The summed E-state index contributed by atoms with van der Waals surface area (Å²) in [6.07, 6.45) is 4.59. The zero-order valence-corrected chi connectivity index (χ0v) is 11.0. The van der Waals surface area contributed by atoms with Gasteiger partial charge in [0.25, 0.3) is 5.91 Å². The number of amides is 1. The zero-order valence-electron chi connectivity index (χ0n) is 9.40. The highest BCUT2D eigenvalue weighted by atomic mass is 79.9. The van der Waals surface area contributed by atoms with Crippen LogP contribution in [0.1, 0.15) is 23.2 Å². The normalized spacial score (nSPS) is 19.6. The van der Waals surface area contributed by atoms with E-state index in [-0.39, 0.29) is 11.5 Å². The van der Waals surface area contributed by atoms with Crippen LogP contribution < -0.4 is 0 Å². The van der Waals surface area contributed by atoms with Crippen LogP contribution >= 0.6 is 15.9 Å². The third-order valence-corrected chi connectivity index (χ3v) is 3.55. The largest absolute Gasteiger partial charge is 0.338 e. The zero-order chi connectivity index (χ0) is 12.3. The number of carbonyl (C=O) groups excluding carboxylic acids is 1. The van der Waals surface area contributed by atoms with Gasteiger partial charge in [0.2, 0.25) is 0 Å². The van der Waals surface area contributed by atoms with Gasteiger partial charge in [-0.25, -0.2) is 4.39 Å². The van der Waals surface area contributed by atoms with Crippen LogP contribution in [0.2, 0.25) is 0 Å². The number of halogens is 2. The molecule has 1 atom stereocenters. The van der Waals surface area contributed by atoms with E-state index in [2.05, 4.69) is 20.9 Å². The lowest BCUT2D eigenvalue weighted by Gasteiger charge is -2.16. The molecule has 0 bridgehead atoms. The second-order valence-electron chi connectivity index (χ2n) is 4.24. The molecule has 1 aliphatic rings. The third kappa shape index (κ3) is 2.83. The Kier molecular flexibility index (Phi) is 4.10. The van der Waals surface area contributed by atoms with Crippen molar-refractivity contribution >= 4 is 21.8 Å². The van der Waals surface area contributed by atoms with Crippen molar-refractivity contribution in [1.82, 2.24) is 9.88 Å². The second kappa shape index (κ2) is 5.58. The van der Waals surface area contributed by atoms with Crippen LogP contribution in [0, 0.1) is 11.7 Å². The predicted molar refractivity (Wildman–Crippen MR) is 66.6 cm³/mol. The molecular weight excluding hydrogens is 287 g/mol. The van der Waals surface area contributed by atoms with Gasteiger partial charge < -0.3 is 4.90 Å². The number of likely N-dealkylation sites (tertiary alicyclic amines) is 1. The summed E-state index contributed by atoms with van der Waals surface area (Å²) >= 11 is 3.40. The Balaban J connectivity index is 2.05. The summed E-state index contributed by atoms with van der Waals surface area (Å²) < 4.78 is 13.4. The molecule has 3 nitrogen and oxygen atoms in total. The summed E-state index contributed by atoms with van der Waals surface area (Å²) in [5.74, 6) is -0.230. The highest BCUT2D eigenvalue weighted by Gasteiger charge is 2.27. The minimum atomic E-state index is -0.540. The van der Waals surface area contributed by atoms with E-state index in [0.29, 0.717) is 5.92 Å². The van der Waals surface area contributed by atoms with Crippen LogP contribution in [0.15, 0.2) is 18.5 Å². The van der Waals surface area contributed by atoms with Gasteiger partial charge in [-0.05, 0) is 24.8 Å². The molecule has 1 aliphatic heterocycles. The van der Waals surface area contributed by atoms with E-state index in [9.17, 15) is 9.18 Å². The number of pyridine rings is 1. The molecule has 1 aromatic rings. The Morgan fingerprint density at radius 2 is 2.47 bits per heavy atom. The van der Waals surface area contributed by atoms with Gasteiger partial charge in [0.05, 0.1) is 11.8 Å². The Morgan fingerprint density at radius 1 is 1.65 bits per heavy atom. The molecule has 1 saturated heterocycles. The van der Waals surface area contributed by atoms with Gasteiger partial charge in [0.15, 0.2) is 5.82 Å². The fourth-order valence-electron chi connectivity index (χ4n) is 2.13. The smallest absolute Gasteiger partial charge is 0.256 e. The SMILES string of the molecule is O=C(c1ccncc1F)N1CCC(CCBr)C1. The first-order chi connectivity index (χ1) is 8.22. The molecular formula is C12H14BrFN2O. The average molecular weight is 301 g/mol. The van der Waals surface area contributed by atoms with Crippen molar-refractivity contribution in [2.24, 2.45) is 5.92 Å². The quantitative estimate of drug-likeness (QED) is 0.804. The number of aromatic nitrogens is 1. The van der Waals surface area contributed by atoms with Crippen LogP contribution in [0.25, 0.3) is 0 Å². The molecule has 5 heteroatoms. The maximum Gasteiger partial charge on any atom is 0.256 e. The minimum absolute atomic E-state index is 0.125. The third-order valence-electron chi connectivity index (χ3n) is 3.09. The van der Waals surface area contributed by atoms with Gasteiger partial charge in [-0.15, -0.1) is 0 Å². The monoisotopic (exact) mass is 300 g/mol. The predicted octanol–water partition coefficient (Wildman–Crippen LogP) is 2.47. The van der Waals surface area contributed by atoms with Gasteiger partial charge >= 0.3 is 0 Å². The lowest BCUT2D eigenvalue weighted by molar-refractivity contribution is 0.0782. The van der Waals surface area contributed by atoms with Crippen LogP contribution in [0.4, 0.5) is 4.39 Å². The number of carbonyl (C=O) groups is 1. The Labute approximate surface area is 108 Å². The molecule has 0 aromatic carbocycles. The van der Waals surface area contributed by atoms with Crippen LogP contribution in [0.5, 0.6) is 0 Å². The fraction of sp³-hybridized carbons (Fsp3) is 0.500. The summed E-state index contributed by atoms with van der Waals surface area (Å²) in [6, 6.07) is 1.44. The summed E-state index contributed by atoms with van der Waals surface area (Å²) in [5, 5.41) is 0.948. The van der Waals surface area contributed by atoms with Crippen LogP contribution in [-0.2, 0) is 0 Å². The van der Waals surface area contributed by atoms with Crippen molar-refractivity contribution in [1.29, 1.82) is 0 Å². The molecule has 2 heterocycles. The number of hydrogen-bond donors (Lipinski definition) is 0. The van der Waals surface area contributed by atoms with Crippen molar-refractivity contribution in [3.8, 4) is 0 Å². The number of hydrogen-bond acceptors (Lipinski definition) is 2. The van der Waals surface area contributed by atoms with Crippen molar-refractivity contribution < 1.29 is 9.18 Å².